The second-order valence-electron chi connectivity index (χ2n) is 8.50. The second kappa shape index (κ2) is 11.2. The predicted molar refractivity (Wildman–Crippen MR) is 143 cm³/mol. The number of benzene rings is 3. The van der Waals surface area contributed by atoms with Crippen molar-refractivity contribution in [1.29, 1.82) is 0 Å². The fraction of sp³-hybridized carbons (Fsp3) is 0.143. The van der Waals surface area contributed by atoms with Crippen LogP contribution in [0.25, 0.3) is 0 Å². The highest BCUT2D eigenvalue weighted by Crippen LogP contribution is 2.31. The zero-order valence-electron chi connectivity index (χ0n) is 20.8. The summed E-state index contributed by atoms with van der Waals surface area (Å²) in [7, 11) is 1.51. The fourth-order valence-electron chi connectivity index (χ4n) is 3.69. The largest absolute Gasteiger partial charge is 0.495 e. The maximum absolute atomic E-state index is 13.1. The predicted octanol–water partition coefficient (Wildman–Crippen LogP) is 4.95. The lowest BCUT2D eigenvalue weighted by Crippen LogP contribution is -2.32. The van der Waals surface area contributed by atoms with Crippen LogP contribution < -0.4 is 20.3 Å². The van der Waals surface area contributed by atoms with E-state index in [2.05, 4.69) is 10.6 Å². The average Bonchev–Trinajstić information content (AvgIpc) is 3.12. The Morgan fingerprint density at radius 3 is 2.29 bits per heavy atom. The molecule has 1 aliphatic heterocycles. The Morgan fingerprint density at radius 1 is 0.895 bits per heavy atom. The van der Waals surface area contributed by atoms with E-state index in [-0.39, 0.29) is 34.0 Å². The average molecular weight is 534 g/mol. The zero-order valence-corrected chi connectivity index (χ0v) is 21.5. The van der Waals surface area contributed by atoms with Crippen LogP contribution in [-0.2, 0) is 14.3 Å². The standard InChI is InChI=1S/C28H24ClN3O6/c1-16(2)38-28(36)18-7-6-8-20(15-18)32-26(34)23(29)24(27(32)35)30-19-13-11-17(12-14-19)25(33)31-21-9-4-5-10-22(21)37-3/h4-16,30H,1-3H3,(H,31,33). The summed E-state index contributed by atoms with van der Waals surface area (Å²) in [5, 5.41) is 5.34. The number of nitrogens with one attached hydrogen (secondary N) is 2. The van der Waals surface area contributed by atoms with E-state index in [1.54, 1.807) is 68.4 Å². The first-order chi connectivity index (χ1) is 18.2. The summed E-state index contributed by atoms with van der Waals surface area (Å²) >= 11 is 6.23. The third-order valence-corrected chi connectivity index (χ3v) is 5.83. The first-order valence-corrected chi connectivity index (χ1v) is 12.0. The minimum Gasteiger partial charge on any atom is -0.495 e. The molecule has 3 amide bonds. The lowest BCUT2D eigenvalue weighted by molar-refractivity contribution is -0.120. The quantitative estimate of drug-likeness (QED) is 0.311. The van der Waals surface area contributed by atoms with Gasteiger partial charge in [0.25, 0.3) is 17.7 Å². The summed E-state index contributed by atoms with van der Waals surface area (Å²) in [6.45, 7) is 3.44. The van der Waals surface area contributed by atoms with E-state index < -0.39 is 17.8 Å². The highest BCUT2D eigenvalue weighted by atomic mass is 35.5. The van der Waals surface area contributed by atoms with Crippen LogP contribution in [0.1, 0.15) is 34.6 Å². The highest BCUT2D eigenvalue weighted by molar-refractivity contribution is 6.53. The number of hydrogen-bond donors (Lipinski definition) is 2. The van der Waals surface area contributed by atoms with Gasteiger partial charge in [-0.1, -0.05) is 29.8 Å². The van der Waals surface area contributed by atoms with Gasteiger partial charge in [0.15, 0.2) is 0 Å². The molecule has 0 fully saturated rings. The number of anilines is 3. The van der Waals surface area contributed by atoms with Crippen molar-refractivity contribution in [1.82, 2.24) is 0 Å². The summed E-state index contributed by atoms with van der Waals surface area (Å²) < 4.78 is 10.4. The lowest BCUT2D eigenvalue weighted by Gasteiger charge is -2.16. The van der Waals surface area contributed by atoms with Crippen molar-refractivity contribution in [2.24, 2.45) is 0 Å². The SMILES string of the molecule is COc1ccccc1NC(=O)c1ccc(NC2=C(Cl)C(=O)N(c3cccc(C(=O)OC(C)C)c3)C2=O)cc1. The van der Waals surface area contributed by atoms with Crippen molar-refractivity contribution in [3.8, 4) is 5.75 Å². The Bertz CT molecular complexity index is 1450. The fourth-order valence-corrected chi connectivity index (χ4v) is 3.90. The number of esters is 1. The van der Waals surface area contributed by atoms with Crippen LogP contribution in [0.2, 0.25) is 0 Å². The second-order valence-corrected chi connectivity index (χ2v) is 8.87. The molecule has 3 aromatic carbocycles. The van der Waals surface area contributed by atoms with E-state index in [0.717, 1.165) is 4.90 Å². The van der Waals surface area contributed by atoms with Crippen LogP contribution >= 0.6 is 11.6 Å². The molecule has 3 aromatic rings. The molecule has 38 heavy (non-hydrogen) atoms. The van der Waals surface area contributed by atoms with Crippen molar-refractivity contribution in [3.63, 3.8) is 0 Å². The monoisotopic (exact) mass is 533 g/mol. The third-order valence-electron chi connectivity index (χ3n) is 5.48. The molecule has 0 radical (unpaired) electrons. The number of carbonyl (C=O) groups excluding carboxylic acids is 4. The Hall–Kier alpha value is -4.63. The summed E-state index contributed by atoms with van der Waals surface area (Å²) in [5.74, 6) is -1.83. The van der Waals surface area contributed by atoms with Crippen LogP contribution in [0.15, 0.2) is 83.5 Å². The number of amides is 3. The molecule has 10 heteroatoms. The zero-order chi connectivity index (χ0) is 27.4. The Morgan fingerprint density at radius 2 is 1.61 bits per heavy atom. The van der Waals surface area contributed by atoms with Gasteiger partial charge in [-0.15, -0.1) is 0 Å². The molecule has 194 valence electrons. The van der Waals surface area contributed by atoms with Crippen LogP contribution in [0.4, 0.5) is 17.1 Å². The Labute approximate surface area is 224 Å². The maximum atomic E-state index is 13.1. The highest BCUT2D eigenvalue weighted by Gasteiger charge is 2.39. The van der Waals surface area contributed by atoms with Crippen LogP contribution in [-0.4, -0.2) is 36.9 Å². The topological polar surface area (TPSA) is 114 Å². The molecule has 9 nitrogen and oxygen atoms in total. The van der Waals surface area contributed by atoms with E-state index >= 15 is 0 Å². The van der Waals surface area contributed by atoms with Crippen molar-refractivity contribution in [2.75, 3.05) is 22.6 Å². The number of methoxy groups -OCH3 is 1. The van der Waals surface area contributed by atoms with Gasteiger partial charge >= 0.3 is 5.97 Å². The van der Waals surface area contributed by atoms with Crippen LogP contribution in [0, 0.1) is 0 Å². The molecule has 0 aliphatic carbocycles. The number of para-hydroxylation sites is 2. The molecule has 0 unspecified atom stereocenters. The molecular formula is C28H24ClN3O6. The minimum atomic E-state index is -0.735. The van der Waals surface area contributed by atoms with Crippen LogP contribution in [0.5, 0.6) is 5.75 Å². The molecule has 0 spiro atoms. The normalized spacial score (nSPS) is 13.1. The molecule has 0 saturated heterocycles. The smallest absolute Gasteiger partial charge is 0.338 e. The summed E-state index contributed by atoms with van der Waals surface area (Å²) in [6, 6.07) is 19.3. The number of imide groups is 1. The first kappa shape index (κ1) is 26.4. The molecule has 0 bridgehead atoms. The molecule has 1 heterocycles. The molecule has 4 rings (SSSR count). The Kier molecular flexibility index (Phi) is 7.78. The number of carbonyl (C=O) groups is 4. The van der Waals surface area contributed by atoms with Crippen molar-refractivity contribution < 1.29 is 28.7 Å². The van der Waals surface area contributed by atoms with E-state index in [4.69, 9.17) is 21.1 Å². The van der Waals surface area contributed by atoms with Gasteiger partial charge in [-0.25, -0.2) is 9.69 Å². The van der Waals surface area contributed by atoms with E-state index in [9.17, 15) is 19.2 Å². The third kappa shape index (κ3) is 5.52. The molecule has 0 saturated carbocycles. The van der Waals surface area contributed by atoms with Gasteiger partial charge in [0.2, 0.25) is 0 Å². The number of nitrogens with zero attached hydrogens (tertiary/aromatic N) is 1. The minimum absolute atomic E-state index is 0.127. The maximum Gasteiger partial charge on any atom is 0.338 e. The molecular weight excluding hydrogens is 510 g/mol. The molecule has 0 aromatic heterocycles. The summed E-state index contributed by atoms with van der Waals surface area (Å²) in [4.78, 5) is 51.8. The van der Waals surface area contributed by atoms with Gasteiger partial charge in [-0.2, -0.15) is 0 Å². The van der Waals surface area contributed by atoms with Gasteiger partial charge in [0.05, 0.1) is 30.2 Å². The van der Waals surface area contributed by atoms with E-state index in [0.29, 0.717) is 22.7 Å². The van der Waals surface area contributed by atoms with Gasteiger partial charge in [0, 0.05) is 11.3 Å². The lowest BCUT2D eigenvalue weighted by atomic mass is 10.1. The Balaban J connectivity index is 1.48. The summed E-state index contributed by atoms with van der Waals surface area (Å²) in [5.41, 5.74) is 1.56. The number of rotatable bonds is 8. The van der Waals surface area contributed by atoms with Crippen molar-refractivity contribution >= 4 is 52.4 Å². The van der Waals surface area contributed by atoms with E-state index in [1.165, 1.54) is 25.3 Å². The van der Waals surface area contributed by atoms with Crippen molar-refractivity contribution in [3.05, 3.63) is 94.7 Å². The summed E-state index contributed by atoms with van der Waals surface area (Å²) in [6.07, 6.45) is -0.327. The van der Waals surface area contributed by atoms with Gasteiger partial charge in [0.1, 0.15) is 16.5 Å². The van der Waals surface area contributed by atoms with Crippen molar-refractivity contribution in [2.45, 2.75) is 20.0 Å². The molecule has 0 atom stereocenters. The van der Waals surface area contributed by atoms with Crippen LogP contribution in [0.3, 0.4) is 0 Å². The van der Waals surface area contributed by atoms with Gasteiger partial charge in [-0.3, -0.25) is 14.4 Å². The van der Waals surface area contributed by atoms with Gasteiger partial charge in [-0.05, 0) is 68.4 Å². The number of ether oxygens (including phenoxy) is 2. The molecule has 2 N–H and O–H groups in total. The van der Waals surface area contributed by atoms with Gasteiger partial charge < -0.3 is 20.1 Å². The number of halogens is 1. The molecule has 1 aliphatic rings. The van der Waals surface area contributed by atoms with E-state index in [1.807, 2.05) is 0 Å². The first-order valence-electron chi connectivity index (χ1n) is 11.6. The number of hydrogen-bond acceptors (Lipinski definition) is 7.